The van der Waals surface area contributed by atoms with Gasteiger partial charge in [0.15, 0.2) is 0 Å². The fourth-order valence-electron chi connectivity index (χ4n) is 8.29. The normalized spacial score (nSPS) is 16.5. The summed E-state index contributed by atoms with van der Waals surface area (Å²) >= 11 is 0. The lowest BCUT2D eigenvalue weighted by Gasteiger charge is -2.18. The fraction of sp³-hybridized carbons (Fsp3) is 0.106. The van der Waals surface area contributed by atoms with Crippen molar-refractivity contribution in [3.8, 4) is 22.3 Å². The van der Waals surface area contributed by atoms with E-state index in [-0.39, 0.29) is 0 Å². The van der Waals surface area contributed by atoms with Crippen LogP contribution in [0.1, 0.15) is 53.5 Å². The van der Waals surface area contributed by atoms with Gasteiger partial charge in [-0.3, -0.25) is 0 Å². The first kappa shape index (κ1) is 28.9. The van der Waals surface area contributed by atoms with Gasteiger partial charge in [-0.15, -0.1) is 0 Å². The topological polar surface area (TPSA) is 0 Å². The average Bonchev–Trinajstić information content (AvgIpc) is 3.65. The van der Waals surface area contributed by atoms with Gasteiger partial charge in [-0.05, 0) is 91.5 Å². The summed E-state index contributed by atoms with van der Waals surface area (Å²) in [6, 6.07) is 55.3. The van der Waals surface area contributed by atoms with E-state index < -0.39 is 0 Å². The first-order chi connectivity index (χ1) is 23.6. The second kappa shape index (κ2) is 11.8. The van der Waals surface area contributed by atoms with Gasteiger partial charge in [-0.25, -0.2) is 0 Å². The van der Waals surface area contributed by atoms with Gasteiger partial charge in [-0.2, -0.15) is 0 Å². The van der Waals surface area contributed by atoms with Gasteiger partial charge in [0.05, 0.1) is 9.52 Å². The van der Waals surface area contributed by atoms with E-state index in [0.29, 0.717) is 11.8 Å². The van der Waals surface area contributed by atoms with Crippen LogP contribution in [0.25, 0.3) is 56.0 Å². The molecule has 7 aromatic carbocycles. The molecule has 9 rings (SSSR count). The number of fused-ring (bicyclic) bond motifs is 4. The van der Waals surface area contributed by atoms with Crippen molar-refractivity contribution in [3.05, 3.63) is 185 Å². The van der Waals surface area contributed by atoms with E-state index in [2.05, 4.69) is 172 Å². The van der Waals surface area contributed by atoms with Crippen LogP contribution in [0.2, 0.25) is 6.04 Å². The van der Waals surface area contributed by atoms with E-state index in [1.165, 1.54) is 87.9 Å². The predicted octanol–water partition coefficient (Wildman–Crippen LogP) is 11.8. The average molecular weight is 629 g/mol. The Morgan fingerprint density at radius 2 is 0.958 bits per heavy atom. The summed E-state index contributed by atoms with van der Waals surface area (Å²) in [5, 5.41) is 6.66. The van der Waals surface area contributed by atoms with Crippen LogP contribution in [0.4, 0.5) is 0 Å². The summed E-state index contributed by atoms with van der Waals surface area (Å²) in [6.07, 6.45) is 4.87. The van der Waals surface area contributed by atoms with Crippen LogP contribution >= 0.6 is 0 Å². The first-order valence-corrected chi connectivity index (χ1v) is 18.3. The van der Waals surface area contributed by atoms with Crippen LogP contribution < -0.4 is 5.19 Å². The monoisotopic (exact) mass is 628 g/mol. The second-order valence-electron chi connectivity index (χ2n) is 13.4. The van der Waals surface area contributed by atoms with Gasteiger partial charge in [0.25, 0.3) is 0 Å². The molecule has 0 fully saturated rings. The Morgan fingerprint density at radius 1 is 0.458 bits per heavy atom. The van der Waals surface area contributed by atoms with Gasteiger partial charge in [0.1, 0.15) is 0 Å². The minimum Gasteiger partial charge on any atom is -0.0655 e. The molecule has 0 aromatic heterocycles. The zero-order valence-electron chi connectivity index (χ0n) is 27.4. The van der Waals surface area contributed by atoms with Crippen molar-refractivity contribution in [1.29, 1.82) is 0 Å². The second-order valence-corrected chi connectivity index (χ2v) is 14.8. The Morgan fingerprint density at radius 3 is 1.60 bits per heavy atom. The maximum absolute atomic E-state index is 2.45. The Balaban J connectivity index is 0.968. The van der Waals surface area contributed by atoms with Crippen molar-refractivity contribution < 1.29 is 0 Å². The maximum Gasteiger partial charge on any atom is 0.0817 e. The highest BCUT2D eigenvalue weighted by molar-refractivity contribution is 6.53. The van der Waals surface area contributed by atoms with Crippen LogP contribution in [0.3, 0.4) is 0 Å². The van der Waals surface area contributed by atoms with Crippen molar-refractivity contribution in [2.45, 2.75) is 31.7 Å². The molecule has 0 heterocycles. The van der Waals surface area contributed by atoms with E-state index >= 15 is 0 Å². The molecular formula is C47H36Si. The molecule has 48 heavy (non-hydrogen) atoms. The summed E-state index contributed by atoms with van der Waals surface area (Å²) in [5.41, 5.74) is 15.3. The molecule has 228 valence electrons. The standard InChI is InChI=1S/C47H36Si/c1-30-27-44-40(38-17-7-13-32-11-3-5-15-36(32)38)19-9-21-42(44)46(30)29-48-35-25-23-34(24-26-35)47-31(2)28-45-41(20-10-22-43(45)47)39-18-8-14-33-12-4-6-16-37(33)39/h3-28,46-47H,29H2,1-2H3. The van der Waals surface area contributed by atoms with Crippen molar-refractivity contribution in [2.75, 3.05) is 0 Å². The minimum atomic E-state index is 0.298. The summed E-state index contributed by atoms with van der Waals surface area (Å²) in [7, 11) is 0.762. The van der Waals surface area contributed by atoms with E-state index in [1.54, 1.807) is 0 Å². The third-order valence-electron chi connectivity index (χ3n) is 10.6. The molecule has 7 aromatic rings. The highest BCUT2D eigenvalue weighted by Crippen LogP contribution is 2.46. The smallest absolute Gasteiger partial charge is 0.0655 e. The molecule has 0 amide bonds. The summed E-state index contributed by atoms with van der Waals surface area (Å²) in [4.78, 5) is 0. The lowest BCUT2D eigenvalue weighted by Crippen LogP contribution is -2.17. The predicted molar refractivity (Wildman–Crippen MR) is 207 cm³/mol. The zero-order valence-corrected chi connectivity index (χ0v) is 28.4. The fourth-order valence-corrected chi connectivity index (χ4v) is 9.67. The van der Waals surface area contributed by atoms with Crippen LogP contribution in [0.15, 0.2) is 157 Å². The third-order valence-corrected chi connectivity index (χ3v) is 12.0. The quantitative estimate of drug-likeness (QED) is 0.161. The highest BCUT2D eigenvalue weighted by atomic mass is 28.2. The molecule has 2 atom stereocenters. The van der Waals surface area contributed by atoms with Crippen molar-refractivity contribution in [1.82, 2.24) is 0 Å². The summed E-state index contributed by atoms with van der Waals surface area (Å²) < 4.78 is 0. The molecule has 0 spiro atoms. The van der Waals surface area contributed by atoms with Gasteiger partial charge < -0.3 is 0 Å². The van der Waals surface area contributed by atoms with Gasteiger partial charge in [0, 0.05) is 11.8 Å². The largest absolute Gasteiger partial charge is 0.0817 e. The Kier molecular flexibility index (Phi) is 7.10. The van der Waals surface area contributed by atoms with Gasteiger partial charge in [0.2, 0.25) is 0 Å². The SMILES string of the molecule is CC1=Cc2c(-c3cccc4ccccc34)cccc2C1C[Si]c1ccc(C2C(C)=Cc3c(-c4cccc5ccccc45)cccc32)cc1. The third kappa shape index (κ3) is 4.81. The summed E-state index contributed by atoms with van der Waals surface area (Å²) in [6.45, 7) is 4.62. The van der Waals surface area contributed by atoms with E-state index in [1.807, 2.05) is 0 Å². The van der Waals surface area contributed by atoms with Crippen molar-refractivity contribution in [3.63, 3.8) is 0 Å². The lowest BCUT2D eigenvalue weighted by molar-refractivity contribution is 0.915. The molecule has 2 radical (unpaired) electrons. The van der Waals surface area contributed by atoms with E-state index in [9.17, 15) is 0 Å². The van der Waals surface area contributed by atoms with Gasteiger partial charge in [-0.1, -0.05) is 174 Å². The van der Waals surface area contributed by atoms with E-state index in [4.69, 9.17) is 0 Å². The Hall–Kier alpha value is -5.24. The number of rotatable bonds is 6. The first-order valence-electron chi connectivity index (χ1n) is 17.1. The molecule has 0 aliphatic heterocycles. The zero-order chi connectivity index (χ0) is 32.2. The number of hydrogen-bond donors (Lipinski definition) is 0. The highest BCUT2D eigenvalue weighted by Gasteiger charge is 2.28. The van der Waals surface area contributed by atoms with E-state index in [0.717, 1.165) is 15.6 Å². The molecule has 2 aliphatic rings. The van der Waals surface area contributed by atoms with Crippen molar-refractivity contribution in [2.24, 2.45) is 0 Å². The molecule has 0 bridgehead atoms. The molecular weight excluding hydrogens is 593 g/mol. The number of allylic oxidation sites excluding steroid dienone is 2. The lowest BCUT2D eigenvalue weighted by atomic mass is 9.87. The Labute approximate surface area is 285 Å². The maximum atomic E-state index is 2.45. The van der Waals surface area contributed by atoms with Gasteiger partial charge >= 0.3 is 0 Å². The summed E-state index contributed by atoms with van der Waals surface area (Å²) in [5.74, 6) is 0.763. The van der Waals surface area contributed by atoms with Crippen LogP contribution in [-0.2, 0) is 0 Å². The molecule has 2 aliphatic carbocycles. The number of hydrogen-bond acceptors (Lipinski definition) is 0. The Bertz CT molecular complexity index is 2410. The molecule has 0 N–H and O–H groups in total. The molecule has 1 heteroatoms. The van der Waals surface area contributed by atoms with Crippen LogP contribution in [-0.4, -0.2) is 9.52 Å². The van der Waals surface area contributed by atoms with Crippen LogP contribution in [0.5, 0.6) is 0 Å². The van der Waals surface area contributed by atoms with Crippen molar-refractivity contribution >= 4 is 48.4 Å². The number of benzene rings is 7. The van der Waals surface area contributed by atoms with Crippen LogP contribution in [0, 0.1) is 0 Å². The minimum absolute atomic E-state index is 0.298. The molecule has 0 saturated heterocycles. The molecule has 2 unspecified atom stereocenters. The molecule has 0 nitrogen and oxygen atoms in total. The molecule has 0 saturated carbocycles.